The molecule has 21 heavy (non-hydrogen) atoms. The van der Waals surface area contributed by atoms with Gasteiger partial charge in [0.1, 0.15) is 0 Å². The highest BCUT2D eigenvalue weighted by molar-refractivity contribution is 4.76. The molecule has 0 bridgehead atoms. The van der Waals surface area contributed by atoms with Crippen molar-refractivity contribution >= 4 is 0 Å². The molecule has 1 saturated heterocycles. The van der Waals surface area contributed by atoms with Gasteiger partial charge in [-0.25, -0.2) is 0 Å². The van der Waals surface area contributed by atoms with E-state index in [4.69, 9.17) is 4.74 Å². The van der Waals surface area contributed by atoms with Crippen LogP contribution in [0.1, 0.15) is 52.4 Å². The van der Waals surface area contributed by atoms with Crippen molar-refractivity contribution in [3.8, 4) is 0 Å². The van der Waals surface area contributed by atoms with Crippen LogP contribution < -0.4 is 5.32 Å². The third-order valence-electron chi connectivity index (χ3n) is 4.57. The van der Waals surface area contributed by atoms with Gasteiger partial charge in [0, 0.05) is 19.2 Å². The van der Waals surface area contributed by atoms with Gasteiger partial charge in [0.05, 0.1) is 12.7 Å². The van der Waals surface area contributed by atoms with Gasteiger partial charge in [-0.3, -0.25) is 0 Å². The molecule has 0 amide bonds. The molecule has 4 heteroatoms. The highest BCUT2D eigenvalue weighted by Crippen LogP contribution is 2.13. The number of unbranched alkanes of at least 4 members (excludes halogenated alkanes) is 1. The maximum Gasteiger partial charge on any atom is 0.0897 e. The average Bonchev–Trinajstić information content (AvgIpc) is 2.50. The lowest BCUT2D eigenvalue weighted by Crippen LogP contribution is -2.44. The zero-order chi connectivity index (χ0) is 15.5. The van der Waals surface area contributed by atoms with Crippen LogP contribution in [0.2, 0.25) is 0 Å². The van der Waals surface area contributed by atoms with Gasteiger partial charge < -0.3 is 20.1 Å². The summed E-state index contributed by atoms with van der Waals surface area (Å²) in [6.45, 7) is 8.66. The summed E-state index contributed by atoms with van der Waals surface area (Å²) in [5.41, 5.74) is 0. The third-order valence-corrected chi connectivity index (χ3v) is 4.57. The SMILES string of the molecule is CCCCC(CC)COCC(O)CNC1CCN(C)CC1. The Kier molecular flexibility index (Phi) is 10.3. The van der Waals surface area contributed by atoms with Gasteiger partial charge in [-0.1, -0.05) is 33.1 Å². The molecule has 1 heterocycles. The number of aliphatic hydroxyl groups is 1. The van der Waals surface area contributed by atoms with E-state index < -0.39 is 0 Å². The molecule has 1 aliphatic heterocycles. The minimum absolute atomic E-state index is 0.381. The van der Waals surface area contributed by atoms with Gasteiger partial charge in [-0.2, -0.15) is 0 Å². The van der Waals surface area contributed by atoms with Crippen LogP contribution >= 0.6 is 0 Å². The number of hydrogen-bond donors (Lipinski definition) is 2. The van der Waals surface area contributed by atoms with Crippen molar-refractivity contribution in [2.45, 2.75) is 64.5 Å². The van der Waals surface area contributed by atoms with E-state index in [9.17, 15) is 5.11 Å². The summed E-state index contributed by atoms with van der Waals surface area (Å²) < 4.78 is 5.70. The number of rotatable bonds is 11. The van der Waals surface area contributed by atoms with Crippen LogP contribution in [0.15, 0.2) is 0 Å². The van der Waals surface area contributed by atoms with Crippen molar-refractivity contribution in [1.82, 2.24) is 10.2 Å². The zero-order valence-corrected chi connectivity index (χ0v) is 14.3. The molecule has 0 radical (unpaired) electrons. The first kappa shape index (κ1) is 18.9. The van der Waals surface area contributed by atoms with Gasteiger partial charge in [0.15, 0.2) is 0 Å². The van der Waals surface area contributed by atoms with E-state index >= 15 is 0 Å². The first-order chi connectivity index (χ1) is 10.2. The molecule has 1 fully saturated rings. The molecule has 0 spiro atoms. The summed E-state index contributed by atoms with van der Waals surface area (Å²) in [5, 5.41) is 13.5. The van der Waals surface area contributed by atoms with Gasteiger partial charge in [0.2, 0.25) is 0 Å². The molecule has 2 unspecified atom stereocenters. The lowest BCUT2D eigenvalue weighted by molar-refractivity contribution is 0.0174. The van der Waals surface area contributed by atoms with E-state index in [1.807, 2.05) is 0 Å². The van der Waals surface area contributed by atoms with Gasteiger partial charge in [-0.15, -0.1) is 0 Å². The van der Waals surface area contributed by atoms with E-state index in [1.165, 1.54) is 38.5 Å². The molecule has 2 atom stereocenters. The summed E-state index contributed by atoms with van der Waals surface area (Å²) in [5.74, 6) is 0.652. The lowest BCUT2D eigenvalue weighted by Gasteiger charge is -2.30. The Bertz CT molecular complexity index is 243. The number of ether oxygens (including phenoxy) is 1. The first-order valence-corrected chi connectivity index (χ1v) is 8.83. The molecule has 0 aromatic heterocycles. The molecule has 126 valence electrons. The highest BCUT2D eigenvalue weighted by atomic mass is 16.5. The van der Waals surface area contributed by atoms with Crippen molar-refractivity contribution in [2.24, 2.45) is 5.92 Å². The Morgan fingerprint density at radius 2 is 1.95 bits per heavy atom. The maximum absolute atomic E-state index is 10.00. The molecule has 0 saturated carbocycles. The summed E-state index contributed by atoms with van der Waals surface area (Å²) in [4.78, 5) is 2.36. The Morgan fingerprint density at radius 1 is 1.24 bits per heavy atom. The van der Waals surface area contributed by atoms with Crippen molar-refractivity contribution < 1.29 is 9.84 Å². The Balaban J connectivity index is 2.03. The molecular formula is C17H36N2O2. The molecule has 1 aliphatic rings. The van der Waals surface area contributed by atoms with Crippen molar-refractivity contribution in [3.63, 3.8) is 0 Å². The van der Waals surface area contributed by atoms with E-state index in [-0.39, 0.29) is 6.10 Å². The monoisotopic (exact) mass is 300 g/mol. The maximum atomic E-state index is 10.00. The number of piperidine rings is 1. The summed E-state index contributed by atoms with van der Waals surface area (Å²) in [7, 11) is 2.17. The lowest BCUT2D eigenvalue weighted by atomic mass is 10.0. The Morgan fingerprint density at radius 3 is 2.57 bits per heavy atom. The molecule has 0 aromatic rings. The van der Waals surface area contributed by atoms with Crippen LogP contribution in [0.5, 0.6) is 0 Å². The standard InChI is InChI=1S/C17H36N2O2/c1-4-6-7-15(5-2)13-21-14-17(20)12-18-16-8-10-19(3)11-9-16/h15-18,20H,4-14H2,1-3H3. The average molecular weight is 300 g/mol. The fourth-order valence-corrected chi connectivity index (χ4v) is 2.84. The fourth-order valence-electron chi connectivity index (χ4n) is 2.84. The molecule has 0 aliphatic carbocycles. The second-order valence-electron chi connectivity index (χ2n) is 6.59. The van der Waals surface area contributed by atoms with Gasteiger partial charge in [-0.05, 0) is 45.3 Å². The van der Waals surface area contributed by atoms with Crippen LogP contribution in [0, 0.1) is 5.92 Å². The fraction of sp³-hybridized carbons (Fsp3) is 1.00. The summed E-state index contributed by atoms with van der Waals surface area (Å²) in [6, 6.07) is 0.559. The minimum atomic E-state index is -0.381. The van der Waals surface area contributed by atoms with E-state index in [2.05, 4.69) is 31.1 Å². The number of nitrogens with one attached hydrogen (secondary N) is 1. The molecular weight excluding hydrogens is 264 g/mol. The molecule has 2 N–H and O–H groups in total. The van der Waals surface area contributed by atoms with Crippen molar-refractivity contribution in [2.75, 3.05) is 39.9 Å². The van der Waals surface area contributed by atoms with Crippen LogP contribution in [0.25, 0.3) is 0 Å². The number of nitrogens with zero attached hydrogens (tertiary/aromatic N) is 1. The van der Waals surface area contributed by atoms with Crippen molar-refractivity contribution in [3.05, 3.63) is 0 Å². The van der Waals surface area contributed by atoms with Crippen molar-refractivity contribution in [1.29, 1.82) is 0 Å². The number of hydrogen-bond acceptors (Lipinski definition) is 4. The van der Waals surface area contributed by atoms with E-state index in [0.717, 1.165) is 19.7 Å². The van der Waals surface area contributed by atoms with Crippen LogP contribution in [-0.2, 0) is 4.74 Å². The molecule has 0 aromatic carbocycles. The van der Waals surface area contributed by atoms with E-state index in [0.29, 0.717) is 25.1 Å². The second-order valence-corrected chi connectivity index (χ2v) is 6.59. The molecule has 1 rings (SSSR count). The summed E-state index contributed by atoms with van der Waals surface area (Å²) in [6.07, 6.45) is 6.92. The first-order valence-electron chi connectivity index (χ1n) is 8.83. The topological polar surface area (TPSA) is 44.7 Å². The van der Waals surface area contributed by atoms with E-state index in [1.54, 1.807) is 0 Å². The van der Waals surface area contributed by atoms with Gasteiger partial charge in [0.25, 0.3) is 0 Å². The Hall–Kier alpha value is -0.160. The van der Waals surface area contributed by atoms with Gasteiger partial charge >= 0.3 is 0 Å². The number of aliphatic hydroxyl groups excluding tert-OH is 1. The molecule has 4 nitrogen and oxygen atoms in total. The number of likely N-dealkylation sites (tertiary alicyclic amines) is 1. The quantitative estimate of drug-likeness (QED) is 0.614. The van der Waals surface area contributed by atoms with Crippen LogP contribution in [0.3, 0.4) is 0 Å². The predicted octanol–water partition coefficient (Wildman–Crippen LogP) is 2.26. The predicted molar refractivity (Wildman–Crippen MR) is 88.7 cm³/mol. The highest BCUT2D eigenvalue weighted by Gasteiger charge is 2.17. The van der Waals surface area contributed by atoms with Crippen LogP contribution in [-0.4, -0.2) is 62.0 Å². The zero-order valence-electron chi connectivity index (χ0n) is 14.3. The summed E-state index contributed by atoms with van der Waals surface area (Å²) >= 11 is 0. The van der Waals surface area contributed by atoms with Crippen LogP contribution in [0.4, 0.5) is 0 Å². The normalized spacial score (nSPS) is 20.6. The Labute approximate surface area is 131 Å². The smallest absolute Gasteiger partial charge is 0.0897 e. The second kappa shape index (κ2) is 11.4. The minimum Gasteiger partial charge on any atom is -0.389 e. The largest absolute Gasteiger partial charge is 0.389 e. The third kappa shape index (κ3) is 8.77.